The zero-order chi connectivity index (χ0) is 58.3. The molecule has 97 heavy (non-hydrogen) atoms. The van der Waals surface area contributed by atoms with Crippen molar-refractivity contribution >= 4 is 127 Å². The van der Waals surface area contributed by atoms with Crippen molar-refractivity contribution in [3.8, 4) is 0 Å². The van der Waals surface area contributed by atoms with E-state index < -0.39 is 127 Å². The molecule has 0 bridgehead atoms. The minimum absolute atomic E-state index is 0. The van der Waals surface area contributed by atoms with Crippen LogP contribution in [0.5, 0.6) is 0 Å². The van der Waals surface area contributed by atoms with E-state index in [0.29, 0.717) is 0 Å². The Morgan fingerprint density at radius 2 is 0.278 bits per heavy atom. The Morgan fingerprint density at radius 1 is 0.206 bits per heavy atom. The summed E-state index contributed by atoms with van der Waals surface area (Å²) in [6, 6.07) is 0. The summed E-state index contributed by atoms with van der Waals surface area (Å²) in [4.78, 5) is 311. The van der Waals surface area contributed by atoms with Crippen LogP contribution in [0, 0.1) is 0 Å². The molecule has 0 aliphatic carbocycles. The van der Waals surface area contributed by atoms with Gasteiger partial charge in [0.2, 0.25) is 0 Å². The molecule has 2 aliphatic heterocycles. The second kappa shape index (κ2) is 115. The van der Waals surface area contributed by atoms with Crippen LogP contribution in [0.2, 0.25) is 0 Å². The van der Waals surface area contributed by atoms with Gasteiger partial charge in [0.15, 0.2) is 0 Å². The van der Waals surface area contributed by atoms with E-state index in [1.165, 1.54) is 42.7 Å². The number of rotatable bonds is 10. The predicted molar refractivity (Wildman–Crippen MR) is 148 cm³/mol. The molecule has 0 unspecified atom stereocenters. The SMILES string of the molecule is CO[Si]([O-])(OC)OC.CO[Si]([O-])(OC)OC.CO[Si]([O-])([O-])O[Si]([O-])([O-])OC.[Na+].[Na+].[Na+].[Na+].[Na+].[Na+].[Na+].[Na+].[Na+].[Na+].[Na+].[Na+].[Na+].[Na+].[Na+].[Na+].[Na+].[Na+].[Na+].[Na+].[Na+].[Na+].[Na+].[Na+].[Na+].[Na+].[Na+].[O-][Si]([O-])([O-])O.[O-][Si]([O-])([O-])[O-].[O-][Si]([O-])([O-])[O-].[O-][Si]1([O-])O[Si]([O-])([O-])O[Si]([O-])([O-])O1.[O-][Si]1([O-])O[Si]([O-])([O-])O[Si]([O-])([O-])O[Si]([O-])([O-])O1. The minimum atomic E-state index is -6.14. The van der Waals surface area contributed by atoms with Gasteiger partial charge in [-0.2, -0.15) is 0 Å². The van der Waals surface area contributed by atoms with Crippen LogP contribution in [-0.2, 0) is 68.3 Å². The summed E-state index contributed by atoms with van der Waals surface area (Å²) >= 11 is 0. The summed E-state index contributed by atoms with van der Waals surface area (Å²) in [5.74, 6) is 0. The average Bonchev–Trinajstić information content (AvgIpc) is 3.05. The van der Waals surface area contributed by atoms with Crippen molar-refractivity contribution in [1.29, 1.82) is 0 Å². The standard InChI is InChI=1S/2C3H9O4Si.C2H6O7Si2.27Na.O12Si4.O9Si3.HO4Si.2O4Si/c2*1-5-8(4,6-2)7-3;1-7-10(3,4)9-11(5,6)8-2;;;;;;;;;;;;;;;;;;;;;;;;;;;;1-13(2)9-14(3,4)11-16(7,8)12-15(5,6)10-13;1-10(2)7-11(3,4)9-12(5,6)8-10;3*1-5(2,3)4/h2*1-3H3;1-2H3;;;;;;;;;;;;;;;;;;;;;;;;;;;;;;1H;;/q2*-1;-4;27*+1;-8;-6;-3;2*-4. The van der Waals surface area contributed by atoms with E-state index >= 15 is 0 Å². The zero-order valence-corrected chi connectivity index (χ0v) is 130. The van der Waals surface area contributed by atoms with E-state index in [-0.39, 0.29) is 798 Å². The van der Waals surface area contributed by atoms with Crippen molar-refractivity contribution in [2.45, 2.75) is 0 Å². The molecule has 0 aromatic rings. The van der Waals surface area contributed by atoms with Crippen molar-refractivity contribution < 1.29 is 1020 Å². The molecule has 0 amide bonds. The Bertz CT molecular complexity index is 1210. The topological polar surface area (TPSA) is 883 Å². The minimum Gasteiger partial charge on any atom is -0.894 e. The summed E-state index contributed by atoms with van der Waals surface area (Å²) < 4.78 is 59.5. The van der Waals surface area contributed by atoms with Gasteiger partial charge in [-0.3, -0.25) is 0 Å². The Hall–Kier alpha value is 28.1. The van der Waals surface area contributed by atoms with Crippen LogP contribution in [0.1, 0.15) is 0 Å². The molecule has 2 aliphatic rings. The zero-order valence-electron chi connectivity index (χ0n) is 61.6. The molecule has 2 rings (SSSR count). The summed E-state index contributed by atoms with van der Waals surface area (Å²) in [5, 5.41) is 0. The van der Waals surface area contributed by atoms with Gasteiger partial charge in [0, 0.05) is 56.9 Å². The monoisotopic (exact) mass is 1900 g/mol. The van der Waals surface area contributed by atoms with E-state index in [1.54, 1.807) is 0 Å². The summed E-state index contributed by atoms with van der Waals surface area (Å²) in [7, 11) is -65.7. The van der Waals surface area contributed by atoms with Crippen molar-refractivity contribution in [3.05, 3.63) is 0 Å². The predicted octanol–water partition coefficient (Wildman–Crippen LogP) is -123. The summed E-state index contributed by atoms with van der Waals surface area (Å²) in [5.41, 5.74) is 0. The first-order chi connectivity index (χ1) is 30.1. The first-order valence-corrected chi connectivity index (χ1v) is 37.6. The van der Waals surface area contributed by atoms with Crippen LogP contribution < -0.4 is 947 Å². The smallest absolute Gasteiger partial charge is 0.894 e. The molecule has 89 heteroatoms. The molecular weight excluding hydrogens is 1880 g/mol. The van der Waals surface area contributed by atoms with Gasteiger partial charge in [-0.05, 0) is 0 Å². The fraction of sp³-hybridized carbons (Fsp3) is 1.00. The van der Waals surface area contributed by atoms with Crippen molar-refractivity contribution in [3.63, 3.8) is 0 Å². The molecule has 432 valence electrons. The van der Waals surface area contributed by atoms with E-state index in [0.717, 1.165) is 14.2 Å². The molecule has 0 radical (unpaired) electrons. The normalized spacial score (nSPS) is 14.5. The molecule has 1 N–H and O–H groups in total. The van der Waals surface area contributed by atoms with E-state index in [9.17, 15) is 95.9 Å². The van der Waals surface area contributed by atoms with E-state index in [2.05, 4.69) is 68.3 Å². The molecule has 2 fully saturated rings. The van der Waals surface area contributed by atoms with Gasteiger partial charge < -0.3 is 240 Å². The van der Waals surface area contributed by atoms with Gasteiger partial charge in [0.05, 0.1) is 0 Å². The van der Waals surface area contributed by atoms with E-state index in [4.69, 9.17) is 57.5 Å². The van der Waals surface area contributed by atoms with Gasteiger partial charge >= 0.3 is 816 Å². The molecule has 0 aromatic carbocycles. The number of hydrogen-bond donors (Lipinski definition) is 1. The molecule has 0 aromatic heterocycles. The molecule has 0 saturated carbocycles. The quantitative estimate of drug-likeness (QED) is 0.198. The van der Waals surface area contributed by atoms with Crippen LogP contribution in [0.15, 0.2) is 0 Å². The van der Waals surface area contributed by atoms with Gasteiger partial charge in [-0.1, -0.05) is 0 Å². The molecular formula is C8H25Na27O48Si14-4. The largest absolute Gasteiger partial charge is 1.00 e. The van der Waals surface area contributed by atoms with E-state index in [1.807, 2.05) is 0 Å². The number of hydrogen-bond acceptors (Lipinski definition) is 48. The molecule has 2 saturated heterocycles. The van der Waals surface area contributed by atoms with Crippen molar-refractivity contribution in [1.82, 2.24) is 0 Å². The fourth-order valence-electron chi connectivity index (χ4n) is 1.95. The second-order valence-corrected chi connectivity index (χ2v) is 33.3. The van der Waals surface area contributed by atoms with Gasteiger partial charge in [-0.15, -0.1) is 9.05 Å². The first kappa shape index (κ1) is 227. The average molecular weight is 1900 g/mol. The molecule has 48 nitrogen and oxygen atoms in total. The third-order valence-corrected chi connectivity index (χ3v) is 24.0. The molecule has 2 heterocycles. The van der Waals surface area contributed by atoms with Crippen LogP contribution in [0.25, 0.3) is 0 Å². The van der Waals surface area contributed by atoms with Crippen LogP contribution in [0.3, 0.4) is 0 Å². The maximum Gasteiger partial charge on any atom is 1.00 e. The van der Waals surface area contributed by atoms with Crippen molar-refractivity contribution in [2.24, 2.45) is 0 Å². The maximum absolute atomic E-state index is 10.7. The third kappa shape index (κ3) is 185. The maximum atomic E-state index is 10.7. The van der Waals surface area contributed by atoms with Crippen LogP contribution in [-0.4, -0.2) is 188 Å². The molecule has 0 atom stereocenters. The molecule has 0 spiro atoms. The Morgan fingerprint density at radius 3 is 0.320 bits per heavy atom. The van der Waals surface area contributed by atoms with Gasteiger partial charge in [-0.25, -0.2) is 0 Å². The fourth-order valence-corrected chi connectivity index (χ4v) is 17.2. The summed E-state index contributed by atoms with van der Waals surface area (Å²) in [6.07, 6.45) is 0. The van der Waals surface area contributed by atoms with Crippen LogP contribution >= 0.6 is 0 Å². The Kier molecular flexibility index (Phi) is 268. The third-order valence-electron chi connectivity index (χ3n) is 4.00. The van der Waals surface area contributed by atoms with Crippen molar-refractivity contribution in [2.75, 3.05) is 56.9 Å². The van der Waals surface area contributed by atoms with Gasteiger partial charge in [0.25, 0.3) is 0 Å². The first-order valence-electron chi connectivity index (χ1n) is 14.7. The van der Waals surface area contributed by atoms with Crippen LogP contribution in [0.4, 0.5) is 0 Å². The Labute approximate surface area is 1170 Å². The second-order valence-electron chi connectivity index (χ2n) is 9.47. The van der Waals surface area contributed by atoms with Gasteiger partial charge in [0.1, 0.15) is 81.4 Å². The summed E-state index contributed by atoms with van der Waals surface area (Å²) in [6.45, 7) is 0. The Balaban J connectivity index is -0.0000000153.